The number of unbranched alkanes of at least 4 members (excludes halogenated alkanes) is 1. The normalized spacial score (nSPS) is 18.9. The van der Waals surface area contributed by atoms with Crippen LogP contribution in [0.3, 0.4) is 0 Å². The maximum Gasteiger partial charge on any atom is 0.407 e. The average Bonchev–Trinajstić information content (AvgIpc) is 3.52. The Balaban J connectivity index is 1.46. The number of nitrogens with zero attached hydrogens (tertiary/aromatic N) is 2. The van der Waals surface area contributed by atoms with Gasteiger partial charge in [-0.25, -0.2) is 18.1 Å². The number of halogens is 3. The van der Waals surface area contributed by atoms with Gasteiger partial charge in [-0.15, -0.1) is 0 Å². The fraction of sp³-hybridized carbons (Fsp3) is 0.367. The van der Waals surface area contributed by atoms with Crippen LogP contribution < -0.4 is 4.72 Å². The highest BCUT2D eigenvalue weighted by molar-refractivity contribution is 7.89. The molecule has 2 unspecified atom stereocenters. The van der Waals surface area contributed by atoms with Crippen LogP contribution in [0, 0.1) is 0 Å². The Labute approximate surface area is 232 Å². The van der Waals surface area contributed by atoms with Crippen LogP contribution in [0.1, 0.15) is 48.8 Å². The highest BCUT2D eigenvalue weighted by atomic mass is 32.2. The molecule has 1 aliphatic heterocycles. The van der Waals surface area contributed by atoms with Crippen molar-refractivity contribution in [3.8, 4) is 11.1 Å². The molecule has 3 aromatic rings. The second kappa shape index (κ2) is 11.3. The van der Waals surface area contributed by atoms with Crippen molar-refractivity contribution in [1.82, 2.24) is 14.7 Å². The zero-order chi connectivity index (χ0) is 28.5. The molecule has 1 N–H and O–H groups in total. The van der Waals surface area contributed by atoms with Crippen LogP contribution in [0.15, 0.2) is 77.7 Å². The van der Waals surface area contributed by atoms with Crippen LogP contribution in [-0.2, 0) is 21.2 Å². The summed E-state index contributed by atoms with van der Waals surface area (Å²) in [5.74, 6) is -1.53. The van der Waals surface area contributed by atoms with Gasteiger partial charge >= 0.3 is 6.18 Å². The summed E-state index contributed by atoms with van der Waals surface area (Å²) in [5, 5.41) is 2.15. The number of fused-ring (bicyclic) bond motifs is 3. The number of carbonyl (C=O) groups is 1. The van der Waals surface area contributed by atoms with Crippen molar-refractivity contribution in [2.24, 2.45) is 0 Å². The van der Waals surface area contributed by atoms with Gasteiger partial charge in [0.15, 0.2) is 0 Å². The molecule has 1 heterocycles. The molecule has 1 fully saturated rings. The molecule has 1 aliphatic carbocycles. The first-order valence-corrected chi connectivity index (χ1v) is 15.0. The number of benzene rings is 3. The Morgan fingerprint density at radius 1 is 1.00 bits per heavy atom. The van der Waals surface area contributed by atoms with E-state index in [9.17, 15) is 26.4 Å². The monoisotopic (exact) mass is 571 g/mol. The van der Waals surface area contributed by atoms with Gasteiger partial charge in [0.05, 0.1) is 10.8 Å². The van der Waals surface area contributed by atoms with E-state index in [0.717, 1.165) is 46.5 Å². The quantitative estimate of drug-likeness (QED) is 0.368. The molecular formula is C30H32F3N3O3S. The second-order valence-corrected chi connectivity index (χ2v) is 12.1. The van der Waals surface area contributed by atoms with Crippen LogP contribution in [-0.4, -0.2) is 56.2 Å². The van der Waals surface area contributed by atoms with Crippen molar-refractivity contribution in [1.29, 1.82) is 0 Å². The van der Waals surface area contributed by atoms with Gasteiger partial charge in [0.25, 0.3) is 0 Å². The third-order valence-electron chi connectivity index (χ3n) is 7.56. The van der Waals surface area contributed by atoms with E-state index in [-0.39, 0.29) is 24.4 Å². The summed E-state index contributed by atoms with van der Waals surface area (Å²) in [5.41, 5.74) is 4.17. The lowest BCUT2D eigenvalue weighted by Crippen LogP contribution is -2.52. The van der Waals surface area contributed by atoms with E-state index in [2.05, 4.69) is 11.6 Å². The summed E-state index contributed by atoms with van der Waals surface area (Å²) in [4.78, 5) is 14.3. The minimum Gasteiger partial charge on any atom is -0.272 e. The Morgan fingerprint density at radius 3 is 2.42 bits per heavy atom. The molecule has 2 aliphatic rings. The number of carbonyl (C=O) groups excluding carboxylic acids is 1. The van der Waals surface area contributed by atoms with Gasteiger partial charge in [0.1, 0.15) is 6.54 Å². The largest absolute Gasteiger partial charge is 0.407 e. The molecule has 0 bridgehead atoms. The fourth-order valence-electron chi connectivity index (χ4n) is 5.76. The maximum atomic E-state index is 14.2. The van der Waals surface area contributed by atoms with Gasteiger partial charge in [-0.1, -0.05) is 74.0 Å². The zero-order valence-corrected chi connectivity index (χ0v) is 23.0. The lowest BCUT2D eigenvalue weighted by atomic mass is 9.90. The number of aryl methyl sites for hydroxylation is 1. The highest BCUT2D eigenvalue weighted by Crippen LogP contribution is 2.47. The molecule has 10 heteroatoms. The maximum absolute atomic E-state index is 14.2. The van der Waals surface area contributed by atoms with E-state index in [4.69, 9.17) is 0 Å². The van der Waals surface area contributed by atoms with Crippen LogP contribution in [0.5, 0.6) is 0 Å². The number of hydrogen-bond donors (Lipinski definition) is 1. The smallest absolute Gasteiger partial charge is 0.272 e. The number of nitrogens with one attached hydrogen (secondary N) is 1. The average molecular weight is 572 g/mol. The van der Waals surface area contributed by atoms with Crippen molar-refractivity contribution in [3.63, 3.8) is 0 Å². The predicted molar refractivity (Wildman–Crippen MR) is 147 cm³/mol. The van der Waals surface area contributed by atoms with Gasteiger partial charge in [0.2, 0.25) is 15.9 Å². The summed E-state index contributed by atoms with van der Waals surface area (Å²) in [6.07, 6.45) is -1.80. The SMILES string of the molecule is CCCCc1cccc2c1C(C(=O)N(CC(F)(F)F)N1CCC(NS(=O)(=O)c3ccccc3)C1)c1ccccc1-2. The van der Waals surface area contributed by atoms with E-state index in [1.54, 1.807) is 24.3 Å². The zero-order valence-electron chi connectivity index (χ0n) is 22.2. The number of rotatable bonds is 9. The van der Waals surface area contributed by atoms with Crippen molar-refractivity contribution < 1.29 is 26.4 Å². The summed E-state index contributed by atoms with van der Waals surface area (Å²) >= 11 is 0. The number of sulfonamides is 1. The van der Waals surface area contributed by atoms with Crippen molar-refractivity contribution >= 4 is 15.9 Å². The number of hydrazine groups is 1. The van der Waals surface area contributed by atoms with E-state index in [1.807, 2.05) is 36.4 Å². The minimum absolute atomic E-state index is 0.0490. The van der Waals surface area contributed by atoms with Crippen molar-refractivity contribution in [3.05, 3.63) is 89.5 Å². The van der Waals surface area contributed by atoms with Crippen molar-refractivity contribution in [2.45, 2.75) is 55.6 Å². The van der Waals surface area contributed by atoms with Crippen LogP contribution >= 0.6 is 0 Å². The fourth-order valence-corrected chi connectivity index (χ4v) is 7.04. The lowest BCUT2D eigenvalue weighted by molar-refractivity contribution is -0.189. The Hall–Kier alpha value is -3.21. The van der Waals surface area contributed by atoms with Crippen molar-refractivity contribution in [2.75, 3.05) is 19.6 Å². The molecule has 5 rings (SSSR count). The standard InChI is InChI=1S/C30H32F3N3O3S/c1-2-3-10-21-11-9-16-25-24-14-7-8-15-26(24)28(27(21)25)29(37)36(20-30(31,32)33)35-18-17-22(19-35)34-40(38,39)23-12-5-4-6-13-23/h4-9,11-16,22,28,34H,2-3,10,17-20H2,1H3. The molecule has 0 aromatic heterocycles. The predicted octanol–water partition coefficient (Wildman–Crippen LogP) is 5.50. The molecule has 3 aromatic carbocycles. The first-order valence-electron chi connectivity index (χ1n) is 13.5. The van der Waals surface area contributed by atoms with Crippen LogP contribution in [0.2, 0.25) is 0 Å². The molecule has 0 spiro atoms. The topological polar surface area (TPSA) is 69.7 Å². The summed E-state index contributed by atoms with van der Waals surface area (Å²) in [6.45, 7) is 0.686. The molecule has 212 valence electrons. The van der Waals surface area contributed by atoms with Crippen LogP contribution in [0.4, 0.5) is 13.2 Å². The minimum atomic E-state index is -4.64. The van der Waals surface area contributed by atoms with E-state index in [0.29, 0.717) is 5.56 Å². The van der Waals surface area contributed by atoms with E-state index >= 15 is 0 Å². The molecule has 0 radical (unpaired) electrons. The second-order valence-electron chi connectivity index (χ2n) is 10.3. The third kappa shape index (κ3) is 5.80. The number of amides is 1. The summed E-state index contributed by atoms with van der Waals surface area (Å²) < 4.78 is 70.0. The Bertz CT molecular complexity index is 1480. The Morgan fingerprint density at radius 2 is 1.70 bits per heavy atom. The highest BCUT2D eigenvalue weighted by Gasteiger charge is 2.44. The molecule has 1 saturated heterocycles. The molecule has 40 heavy (non-hydrogen) atoms. The van der Waals surface area contributed by atoms with E-state index < -0.39 is 40.6 Å². The summed E-state index contributed by atoms with van der Waals surface area (Å²) in [7, 11) is -3.86. The van der Waals surface area contributed by atoms with Gasteiger partial charge in [0, 0.05) is 19.1 Å². The first kappa shape index (κ1) is 28.3. The van der Waals surface area contributed by atoms with Crippen LogP contribution in [0.25, 0.3) is 11.1 Å². The summed E-state index contributed by atoms with van der Waals surface area (Å²) in [6, 6.07) is 20.4. The third-order valence-corrected chi connectivity index (χ3v) is 9.10. The molecule has 1 amide bonds. The van der Waals surface area contributed by atoms with E-state index in [1.165, 1.54) is 17.1 Å². The molecule has 6 nitrogen and oxygen atoms in total. The van der Waals surface area contributed by atoms with Gasteiger partial charge in [-0.05, 0) is 59.2 Å². The van der Waals surface area contributed by atoms with Gasteiger partial charge < -0.3 is 0 Å². The number of alkyl halides is 3. The van der Waals surface area contributed by atoms with Gasteiger partial charge in [-0.2, -0.15) is 13.2 Å². The lowest BCUT2D eigenvalue weighted by Gasteiger charge is -2.35. The molecular weight excluding hydrogens is 539 g/mol. The molecule has 2 atom stereocenters. The number of hydrogen-bond acceptors (Lipinski definition) is 4. The van der Waals surface area contributed by atoms with Gasteiger partial charge in [-0.3, -0.25) is 9.80 Å². The first-order chi connectivity index (χ1) is 19.1. The molecule has 0 saturated carbocycles. The Kier molecular flexibility index (Phi) is 8.03.